The van der Waals surface area contributed by atoms with Crippen LogP contribution < -0.4 is 5.32 Å². The second-order valence-electron chi connectivity index (χ2n) is 6.18. The highest BCUT2D eigenvalue weighted by atomic mass is 16.5. The molecule has 0 radical (unpaired) electrons. The van der Waals surface area contributed by atoms with Gasteiger partial charge in [-0.15, -0.1) is 0 Å². The number of carbonyl (C=O) groups is 1. The Morgan fingerprint density at radius 3 is 3.06 bits per heavy atom. The molecular formula is C14H24N2O2. The zero-order valence-electron chi connectivity index (χ0n) is 11.1. The Bertz CT molecular complexity index is 307. The van der Waals surface area contributed by atoms with Gasteiger partial charge < -0.3 is 15.0 Å². The van der Waals surface area contributed by atoms with E-state index in [4.69, 9.17) is 4.74 Å². The molecule has 3 fully saturated rings. The molecule has 0 aromatic rings. The molecule has 3 saturated heterocycles. The maximum Gasteiger partial charge on any atom is 0.225 e. The lowest BCUT2D eigenvalue weighted by Crippen LogP contribution is -2.36. The van der Waals surface area contributed by atoms with Crippen molar-refractivity contribution in [1.29, 1.82) is 0 Å². The third-order valence-corrected chi connectivity index (χ3v) is 4.80. The molecule has 4 heteroatoms. The van der Waals surface area contributed by atoms with E-state index in [1.54, 1.807) is 0 Å². The number of ether oxygens (including phenoxy) is 1. The quantitative estimate of drug-likeness (QED) is 0.802. The van der Waals surface area contributed by atoms with E-state index in [0.29, 0.717) is 17.7 Å². The molecule has 18 heavy (non-hydrogen) atoms. The lowest BCUT2D eigenvalue weighted by Gasteiger charge is -2.26. The normalized spacial score (nSPS) is 36.4. The molecule has 0 aromatic heterocycles. The lowest BCUT2D eigenvalue weighted by atomic mass is 9.86. The molecular weight excluding hydrogens is 228 g/mol. The standard InChI is InChI=1S/C14H24N2O2/c17-13(9-12-3-1-2-8-18-12)16-7-5-14(11-16)4-6-15-10-14/h12,15H,1-11H2. The number of likely N-dealkylation sites (tertiary alicyclic amines) is 1. The molecule has 3 aliphatic heterocycles. The van der Waals surface area contributed by atoms with Gasteiger partial charge in [0.1, 0.15) is 0 Å². The SMILES string of the molecule is O=C(CC1CCCCO1)N1CCC2(CCNC2)C1. The van der Waals surface area contributed by atoms with Crippen molar-refractivity contribution in [2.45, 2.75) is 44.6 Å². The van der Waals surface area contributed by atoms with Crippen LogP contribution in [0.25, 0.3) is 0 Å². The van der Waals surface area contributed by atoms with E-state index in [-0.39, 0.29) is 6.10 Å². The summed E-state index contributed by atoms with van der Waals surface area (Å²) in [5.41, 5.74) is 0.392. The fourth-order valence-corrected chi connectivity index (χ4v) is 3.58. The summed E-state index contributed by atoms with van der Waals surface area (Å²) >= 11 is 0. The van der Waals surface area contributed by atoms with Crippen LogP contribution in [0.1, 0.15) is 38.5 Å². The van der Waals surface area contributed by atoms with Gasteiger partial charge in [-0.1, -0.05) is 0 Å². The van der Waals surface area contributed by atoms with Gasteiger partial charge in [-0.25, -0.2) is 0 Å². The smallest absolute Gasteiger partial charge is 0.225 e. The van der Waals surface area contributed by atoms with E-state index in [1.807, 2.05) is 0 Å². The van der Waals surface area contributed by atoms with Crippen LogP contribution in [0.3, 0.4) is 0 Å². The number of rotatable bonds is 2. The van der Waals surface area contributed by atoms with Crippen LogP contribution in [0.2, 0.25) is 0 Å². The summed E-state index contributed by atoms with van der Waals surface area (Å²) < 4.78 is 5.67. The van der Waals surface area contributed by atoms with E-state index in [0.717, 1.165) is 45.6 Å². The Kier molecular flexibility index (Phi) is 3.57. The average Bonchev–Trinajstić information content (AvgIpc) is 3.02. The Labute approximate surface area is 109 Å². The van der Waals surface area contributed by atoms with Crippen molar-refractivity contribution in [1.82, 2.24) is 10.2 Å². The summed E-state index contributed by atoms with van der Waals surface area (Å²) in [6.45, 7) is 4.97. The molecule has 0 bridgehead atoms. The van der Waals surface area contributed by atoms with Crippen LogP contribution in [0.5, 0.6) is 0 Å². The minimum atomic E-state index is 0.185. The first-order valence-electron chi connectivity index (χ1n) is 7.38. The second kappa shape index (κ2) is 5.17. The van der Waals surface area contributed by atoms with E-state index >= 15 is 0 Å². The minimum absolute atomic E-state index is 0.185. The molecule has 3 aliphatic rings. The van der Waals surface area contributed by atoms with Crippen LogP contribution in [0.4, 0.5) is 0 Å². The molecule has 0 saturated carbocycles. The van der Waals surface area contributed by atoms with Gasteiger partial charge in [-0.2, -0.15) is 0 Å². The highest BCUT2D eigenvalue weighted by Crippen LogP contribution is 2.36. The fraction of sp³-hybridized carbons (Fsp3) is 0.929. The molecule has 2 atom stereocenters. The van der Waals surface area contributed by atoms with Gasteiger partial charge in [0.15, 0.2) is 0 Å². The number of amides is 1. The zero-order valence-corrected chi connectivity index (χ0v) is 11.1. The number of nitrogens with one attached hydrogen (secondary N) is 1. The zero-order chi connectivity index (χ0) is 12.4. The first-order chi connectivity index (χ1) is 8.77. The third kappa shape index (κ3) is 2.54. The van der Waals surface area contributed by atoms with Crippen molar-refractivity contribution in [3.8, 4) is 0 Å². The molecule has 2 unspecified atom stereocenters. The Morgan fingerprint density at radius 2 is 2.33 bits per heavy atom. The Balaban J connectivity index is 1.50. The molecule has 1 spiro atoms. The van der Waals surface area contributed by atoms with Crippen molar-refractivity contribution in [2.24, 2.45) is 5.41 Å². The van der Waals surface area contributed by atoms with E-state index in [9.17, 15) is 4.79 Å². The van der Waals surface area contributed by atoms with Crippen molar-refractivity contribution in [3.63, 3.8) is 0 Å². The second-order valence-corrected chi connectivity index (χ2v) is 6.18. The van der Waals surface area contributed by atoms with Crippen LogP contribution in [-0.2, 0) is 9.53 Å². The van der Waals surface area contributed by atoms with Crippen molar-refractivity contribution >= 4 is 5.91 Å². The predicted octanol–water partition coefficient (Wildman–Crippen LogP) is 1.16. The van der Waals surface area contributed by atoms with Crippen LogP contribution in [0.15, 0.2) is 0 Å². The molecule has 1 amide bonds. The van der Waals surface area contributed by atoms with Crippen LogP contribution in [-0.4, -0.2) is 49.7 Å². The molecule has 3 heterocycles. The maximum absolute atomic E-state index is 12.3. The van der Waals surface area contributed by atoms with Gasteiger partial charge in [-0.3, -0.25) is 4.79 Å². The monoisotopic (exact) mass is 252 g/mol. The van der Waals surface area contributed by atoms with Crippen LogP contribution >= 0.6 is 0 Å². The predicted molar refractivity (Wildman–Crippen MR) is 69.3 cm³/mol. The highest BCUT2D eigenvalue weighted by Gasteiger charge is 2.41. The van der Waals surface area contributed by atoms with Crippen molar-refractivity contribution in [2.75, 3.05) is 32.8 Å². The number of nitrogens with zero attached hydrogens (tertiary/aromatic N) is 1. The maximum atomic E-state index is 12.3. The molecule has 1 N–H and O–H groups in total. The summed E-state index contributed by atoms with van der Waals surface area (Å²) in [7, 11) is 0. The Morgan fingerprint density at radius 1 is 1.39 bits per heavy atom. The molecule has 0 aliphatic carbocycles. The highest BCUT2D eigenvalue weighted by molar-refractivity contribution is 5.77. The largest absolute Gasteiger partial charge is 0.378 e. The molecule has 4 nitrogen and oxygen atoms in total. The summed E-state index contributed by atoms with van der Waals surface area (Å²) in [5, 5.41) is 3.43. The third-order valence-electron chi connectivity index (χ3n) is 4.80. The van der Waals surface area contributed by atoms with Crippen molar-refractivity contribution in [3.05, 3.63) is 0 Å². The molecule has 102 valence electrons. The van der Waals surface area contributed by atoms with Gasteiger partial charge in [0.2, 0.25) is 5.91 Å². The van der Waals surface area contributed by atoms with E-state index in [1.165, 1.54) is 19.3 Å². The number of carbonyl (C=O) groups excluding carboxylic acids is 1. The summed E-state index contributed by atoms with van der Waals surface area (Å²) in [5.74, 6) is 0.311. The lowest BCUT2D eigenvalue weighted by molar-refractivity contribution is -0.134. The number of hydrogen-bond acceptors (Lipinski definition) is 3. The summed E-state index contributed by atoms with van der Waals surface area (Å²) in [6, 6.07) is 0. The minimum Gasteiger partial charge on any atom is -0.378 e. The van der Waals surface area contributed by atoms with Gasteiger partial charge >= 0.3 is 0 Å². The van der Waals surface area contributed by atoms with Crippen molar-refractivity contribution < 1.29 is 9.53 Å². The Hall–Kier alpha value is -0.610. The summed E-state index contributed by atoms with van der Waals surface area (Å²) in [4.78, 5) is 14.4. The van der Waals surface area contributed by atoms with Gasteiger partial charge in [-0.05, 0) is 38.6 Å². The summed E-state index contributed by atoms with van der Waals surface area (Å²) in [6.07, 6.45) is 6.63. The topological polar surface area (TPSA) is 41.6 Å². The first kappa shape index (κ1) is 12.4. The van der Waals surface area contributed by atoms with Gasteiger partial charge in [0, 0.05) is 31.7 Å². The van der Waals surface area contributed by atoms with E-state index in [2.05, 4.69) is 10.2 Å². The van der Waals surface area contributed by atoms with E-state index < -0.39 is 0 Å². The average molecular weight is 252 g/mol. The van der Waals surface area contributed by atoms with Gasteiger partial charge in [0.05, 0.1) is 12.5 Å². The first-order valence-corrected chi connectivity index (χ1v) is 7.38. The number of hydrogen-bond donors (Lipinski definition) is 1. The molecule has 3 rings (SSSR count). The molecule has 0 aromatic carbocycles. The van der Waals surface area contributed by atoms with Gasteiger partial charge in [0.25, 0.3) is 0 Å². The fourth-order valence-electron chi connectivity index (χ4n) is 3.58. The van der Waals surface area contributed by atoms with Crippen LogP contribution in [0, 0.1) is 5.41 Å².